The minimum absolute atomic E-state index is 0.372. The highest BCUT2D eigenvalue weighted by molar-refractivity contribution is 7.59. The van der Waals surface area contributed by atoms with E-state index in [0.717, 1.165) is 38.5 Å². The molecule has 3 unspecified atom stereocenters. The zero-order valence-corrected chi connectivity index (χ0v) is 14.6. The molecule has 19 heavy (non-hydrogen) atoms. The monoisotopic (exact) mass is 290 g/mol. The third-order valence-corrected chi connectivity index (χ3v) is 7.96. The fraction of sp³-hybridized carbons (Fsp3) is 1.00. The smallest absolute Gasteiger partial charge is 0.206 e. The average molecular weight is 290 g/mol. The molecule has 0 aromatic rings. The summed E-state index contributed by atoms with van der Waals surface area (Å²) in [6.45, 7) is 10.6. The van der Waals surface area contributed by atoms with E-state index in [4.69, 9.17) is 0 Å². The lowest BCUT2D eigenvalue weighted by molar-refractivity contribution is 0.382. The van der Waals surface area contributed by atoms with Crippen LogP contribution in [0.25, 0.3) is 0 Å². The minimum atomic E-state index is -3.06. The van der Waals surface area contributed by atoms with Gasteiger partial charge in [0, 0.05) is 11.3 Å². The molecule has 0 spiro atoms. The molecule has 0 amide bonds. The fourth-order valence-corrected chi connectivity index (χ4v) is 5.23. The van der Waals surface area contributed by atoms with Crippen molar-refractivity contribution in [2.45, 2.75) is 91.1 Å². The van der Waals surface area contributed by atoms with Gasteiger partial charge in [-0.05, 0) is 25.2 Å². The molecule has 0 saturated heterocycles. The van der Waals surface area contributed by atoms with Crippen LogP contribution >= 0.6 is 7.37 Å². The quantitative estimate of drug-likeness (QED) is 0.486. The Balaban J connectivity index is 4.74. The summed E-state index contributed by atoms with van der Waals surface area (Å²) in [6, 6.07) is 0. The van der Waals surface area contributed by atoms with Gasteiger partial charge in [0.05, 0.1) is 0 Å². The van der Waals surface area contributed by atoms with E-state index >= 15 is 0 Å². The second-order valence-corrected chi connectivity index (χ2v) is 9.10. The maximum atomic E-state index is 12.9. The second-order valence-electron chi connectivity index (χ2n) is 6.25. The molecule has 1 N–H and O–H groups in total. The highest BCUT2D eigenvalue weighted by Crippen LogP contribution is 2.59. The standard InChI is InChI=1S/C16H35O2P/c1-6-10-12-15(8-3)14-19(17,18)16(5,9-4)13-11-7-2/h15H,6-14H2,1-5H3,(H,17,18). The lowest BCUT2D eigenvalue weighted by Gasteiger charge is -2.35. The Morgan fingerprint density at radius 2 is 1.68 bits per heavy atom. The van der Waals surface area contributed by atoms with Gasteiger partial charge >= 0.3 is 0 Å². The van der Waals surface area contributed by atoms with Gasteiger partial charge in [0.25, 0.3) is 0 Å². The van der Waals surface area contributed by atoms with E-state index in [2.05, 4.69) is 27.7 Å². The first-order valence-electron chi connectivity index (χ1n) is 8.18. The summed E-state index contributed by atoms with van der Waals surface area (Å²) in [5.41, 5.74) is 0. The van der Waals surface area contributed by atoms with Crippen molar-refractivity contribution in [3.05, 3.63) is 0 Å². The van der Waals surface area contributed by atoms with Crippen molar-refractivity contribution in [3.8, 4) is 0 Å². The van der Waals surface area contributed by atoms with Gasteiger partial charge in [-0.15, -0.1) is 0 Å². The van der Waals surface area contributed by atoms with Gasteiger partial charge in [-0.1, -0.05) is 66.7 Å². The SMILES string of the molecule is CCCCC(CC)CP(=O)(O)C(C)(CC)CCCC. The van der Waals surface area contributed by atoms with Gasteiger partial charge in [0.1, 0.15) is 0 Å². The first kappa shape index (κ1) is 19.2. The zero-order chi connectivity index (χ0) is 14.9. The summed E-state index contributed by atoms with van der Waals surface area (Å²) in [6.07, 6.45) is 8.86. The van der Waals surface area contributed by atoms with Gasteiger partial charge in [0.15, 0.2) is 0 Å². The van der Waals surface area contributed by atoms with E-state index in [-0.39, 0.29) is 5.16 Å². The van der Waals surface area contributed by atoms with Crippen LogP contribution in [0, 0.1) is 5.92 Å². The predicted molar refractivity (Wildman–Crippen MR) is 86.2 cm³/mol. The average Bonchev–Trinajstić information content (AvgIpc) is 2.40. The molecule has 0 aliphatic carbocycles. The summed E-state index contributed by atoms with van der Waals surface area (Å²) in [5, 5.41) is -0.372. The number of unbranched alkanes of at least 4 members (excludes halogenated alkanes) is 2. The molecule has 116 valence electrons. The topological polar surface area (TPSA) is 37.3 Å². The third-order valence-electron chi connectivity index (χ3n) is 4.72. The van der Waals surface area contributed by atoms with Crippen LogP contribution in [0.15, 0.2) is 0 Å². The molecule has 0 radical (unpaired) electrons. The molecule has 0 bridgehead atoms. The largest absolute Gasteiger partial charge is 0.344 e. The van der Waals surface area contributed by atoms with Gasteiger partial charge < -0.3 is 4.89 Å². The van der Waals surface area contributed by atoms with Gasteiger partial charge in [0.2, 0.25) is 7.37 Å². The molecular formula is C16H35O2P. The molecule has 0 fully saturated rings. The molecular weight excluding hydrogens is 255 g/mol. The molecule has 0 aromatic carbocycles. The molecule has 0 aliphatic rings. The maximum absolute atomic E-state index is 12.9. The van der Waals surface area contributed by atoms with Crippen LogP contribution in [-0.4, -0.2) is 16.2 Å². The van der Waals surface area contributed by atoms with Crippen molar-refractivity contribution >= 4 is 7.37 Å². The van der Waals surface area contributed by atoms with Crippen molar-refractivity contribution in [2.24, 2.45) is 5.92 Å². The molecule has 0 saturated carbocycles. The van der Waals surface area contributed by atoms with Crippen LogP contribution in [-0.2, 0) is 4.57 Å². The molecule has 0 aromatic heterocycles. The predicted octanol–water partition coefficient (Wildman–Crippen LogP) is 5.83. The Hall–Kier alpha value is 0.190. The number of hydrogen-bond acceptors (Lipinski definition) is 1. The molecule has 0 rings (SSSR count). The Morgan fingerprint density at radius 3 is 2.11 bits per heavy atom. The van der Waals surface area contributed by atoms with Crippen LogP contribution in [0.4, 0.5) is 0 Å². The van der Waals surface area contributed by atoms with Crippen molar-refractivity contribution in [2.75, 3.05) is 6.16 Å². The third kappa shape index (κ3) is 6.00. The van der Waals surface area contributed by atoms with Crippen molar-refractivity contribution in [1.82, 2.24) is 0 Å². The Morgan fingerprint density at radius 1 is 1.11 bits per heavy atom. The Bertz CT molecular complexity index is 278. The van der Waals surface area contributed by atoms with Crippen molar-refractivity contribution in [1.29, 1.82) is 0 Å². The summed E-state index contributed by atoms with van der Waals surface area (Å²) in [4.78, 5) is 10.6. The first-order valence-corrected chi connectivity index (χ1v) is 10.0. The highest BCUT2D eigenvalue weighted by Gasteiger charge is 2.41. The summed E-state index contributed by atoms with van der Waals surface area (Å²) >= 11 is 0. The molecule has 3 heteroatoms. The van der Waals surface area contributed by atoms with E-state index in [9.17, 15) is 9.46 Å². The van der Waals surface area contributed by atoms with Crippen LogP contribution in [0.1, 0.15) is 86.0 Å². The van der Waals surface area contributed by atoms with E-state index in [1.54, 1.807) is 0 Å². The van der Waals surface area contributed by atoms with Crippen LogP contribution in [0.5, 0.6) is 0 Å². The Labute approximate surface area is 120 Å². The highest BCUT2D eigenvalue weighted by atomic mass is 31.2. The van der Waals surface area contributed by atoms with Gasteiger partial charge in [-0.2, -0.15) is 0 Å². The van der Waals surface area contributed by atoms with E-state index in [0.29, 0.717) is 12.1 Å². The number of rotatable bonds is 11. The van der Waals surface area contributed by atoms with Crippen LogP contribution < -0.4 is 0 Å². The minimum Gasteiger partial charge on any atom is -0.344 e. The molecule has 3 atom stereocenters. The first-order chi connectivity index (χ1) is 8.86. The van der Waals surface area contributed by atoms with Crippen LogP contribution in [0.2, 0.25) is 0 Å². The lowest BCUT2D eigenvalue weighted by Crippen LogP contribution is -2.27. The van der Waals surface area contributed by atoms with Crippen molar-refractivity contribution < 1.29 is 9.46 Å². The summed E-state index contributed by atoms with van der Waals surface area (Å²) in [7, 11) is -3.06. The van der Waals surface area contributed by atoms with E-state index in [1.165, 1.54) is 12.8 Å². The molecule has 0 heterocycles. The van der Waals surface area contributed by atoms with Crippen LogP contribution in [0.3, 0.4) is 0 Å². The lowest BCUT2D eigenvalue weighted by atomic mass is 10.0. The molecule has 2 nitrogen and oxygen atoms in total. The fourth-order valence-electron chi connectivity index (χ4n) is 2.64. The van der Waals surface area contributed by atoms with Crippen molar-refractivity contribution in [3.63, 3.8) is 0 Å². The van der Waals surface area contributed by atoms with E-state index in [1.807, 2.05) is 6.92 Å². The number of hydrogen-bond donors (Lipinski definition) is 1. The van der Waals surface area contributed by atoms with Gasteiger partial charge in [-0.25, -0.2) is 0 Å². The normalized spacial score (nSPS) is 19.7. The second kappa shape index (κ2) is 9.19. The van der Waals surface area contributed by atoms with Gasteiger partial charge in [-0.3, -0.25) is 4.57 Å². The summed E-state index contributed by atoms with van der Waals surface area (Å²) in [5.74, 6) is 0.420. The molecule has 0 aliphatic heterocycles. The summed E-state index contributed by atoms with van der Waals surface area (Å²) < 4.78 is 12.9. The zero-order valence-electron chi connectivity index (χ0n) is 13.7. The Kier molecular flexibility index (Phi) is 9.28. The van der Waals surface area contributed by atoms with E-state index < -0.39 is 7.37 Å². The maximum Gasteiger partial charge on any atom is 0.206 e.